The third-order valence-electron chi connectivity index (χ3n) is 6.06. The largest absolute Gasteiger partial charge is 0.377 e. The summed E-state index contributed by atoms with van der Waals surface area (Å²) < 4.78 is 6.57. The predicted molar refractivity (Wildman–Crippen MR) is 95.1 cm³/mol. The normalized spacial score (nSPS) is 33.9. The predicted octanol–water partition coefficient (Wildman–Crippen LogP) is 5.73. The van der Waals surface area contributed by atoms with E-state index in [1.54, 1.807) is 0 Å². The topological polar surface area (TPSA) is 9.23 Å². The molecule has 0 aliphatic heterocycles. The van der Waals surface area contributed by atoms with Crippen molar-refractivity contribution in [3.05, 3.63) is 0 Å². The molecule has 2 fully saturated rings. The fraction of sp³-hybridized carbons (Fsp3) is 1.00. The van der Waals surface area contributed by atoms with Crippen LogP contribution in [0, 0.1) is 23.2 Å². The molecular formula is C19H36OS. The molecular weight excluding hydrogens is 276 g/mol. The maximum Gasteiger partial charge on any atom is 0.0608 e. The molecule has 2 aliphatic carbocycles. The molecule has 3 unspecified atom stereocenters. The molecule has 0 N–H and O–H groups in total. The standard InChI is InChI=1S/C19H36OS/c1-15(2)17-9-8-16(3)12-18(17)20-13-19(14-21)10-6-4-5-7-11-19/h15-18,21H,4-14H2,1-3H3. The van der Waals surface area contributed by atoms with Crippen molar-refractivity contribution >= 4 is 12.6 Å². The van der Waals surface area contributed by atoms with Gasteiger partial charge in [0.2, 0.25) is 0 Å². The number of hydrogen-bond donors (Lipinski definition) is 1. The second kappa shape index (κ2) is 8.24. The molecule has 0 amide bonds. The minimum atomic E-state index is 0.363. The van der Waals surface area contributed by atoms with Crippen LogP contribution < -0.4 is 0 Å². The summed E-state index contributed by atoms with van der Waals surface area (Å²) in [6, 6.07) is 0. The van der Waals surface area contributed by atoms with E-state index in [9.17, 15) is 0 Å². The SMILES string of the molecule is CC1CCC(C(C)C)C(OCC2(CS)CCCCCC2)C1. The van der Waals surface area contributed by atoms with E-state index < -0.39 is 0 Å². The van der Waals surface area contributed by atoms with E-state index in [1.807, 2.05) is 0 Å². The first kappa shape index (κ1) is 17.7. The van der Waals surface area contributed by atoms with Crippen molar-refractivity contribution in [3.8, 4) is 0 Å². The third kappa shape index (κ3) is 4.89. The molecule has 0 aromatic carbocycles. The molecule has 0 radical (unpaired) electrons. The average Bonchev–Trinajstić information content (AvgIpc) is 2.71. The minimum Gasteiger partial charge on any atom is -0.377 e. The second-order valence-corrected chi connectivity index (χ2v) is 8.56. The molecule has 0 bridgehead atoms. The Bertz CT molecular complexity index is 294. The zero-order valence-corrected chi connectivity index (χ0v) is 15.3. The maximum atomic E-state index is 6.57. The number of rotatable bonds is 5. The van der Waals surface area contributed by atoms with Gasteiger partial charge in [-0.05, 0) is 49.2 Å². The highest BCUT2D eigenvalue weighted by atomic mass is 32.1. The lowest BCUT2D eigenvalue weighted by atomic mass is 9.75. The Kier molecular flexibility index (Phi) is 6.93. The van der Waals surface area contributed by atoms with E-state index in [4.69, 9.17) is 17.4 Å². The lowest BCUT2D eigenvalue weighted by Crippen LogP contribution is -2.38. The van der Waals surface area contributed by atoms with Gasteiger partial charge in [-0.25, -0.2) is 0 Å². The molecule has 2 heteroatoms. The van der Waals surface area contributed by atoms with Crippen molar-refractivity contribution in [2.75, 3.05) is 12.4 Å². The van der Waals surface area contributed by atoms with Crippen LogP contribution in [-0.2, 0) is 4.74 Å². The molecule has 124 valence electrons. The summed E-state index contributed by atoms with van der Waals surface area (Å²) in [5.41, 5.74) is 0.363. The zero-order chi connectivity index (χ0) is 15.3. The first-order valence-corrected chi connectivity index (χ1v) is 9.92. The van der Waals surface area contributed by atoms with Gasteiger partial charge in [0.15, 0.2) is 0 Å². The first-order chi connectivity index (χ1) is 10.1. The van der Waals surface area contributed by atoms with Crippen molar-refractivity contribution in [1.82, 2.24) is 0 Å². The van der Waals surface area contributed by atoms with E-state index >= 15 is 0 Å². The van der Waals surface area contributed by atoms with Crippen molar-refractivity contribution < 1.29 is 4.74 Å². The van der Waals surface area contributed by atoms with Crippen LogP contribution in [-0.4, -0.2) is 18.5 Å². The second-order valence-electron chi connectivity index (χ2n) is 8.25. The Morgan fingerprint density at radius 2 is 1.76 bits per heavy atom. The fourth-order valence-electron chi connectivity index (χ4n) is 4.42. The van der Waals surface area contributed by atoms with Crippen molar-refractivity contribution in [2.45, 2.75) is 84.7 Å². The van der Waals surface area contributed by atoms with Crippen molar-refractivity contribution in [1.29, 1.82) is 0 Å². The van der Waals surface area contributed by atoms with Gasteiger partial charge < -0.3 is 4.74 Å². The summed E-state index contributed by atoms with van der Waals surface area (Å²) >= 11 is 4.70. The summed E-state index contributed by atoms with van der Waals surface area (Å²) in [6.45, 7) is 8.10. The maximum absolute atomic E-state index is 6.57. The number of ether oxygens (including phenoxy) is 1. The van der Waals surface area contributed by atoms with Crippen LogP contribution in [0.4, 0.5) is 0 Å². The highest BCUT2D eigenvalue weighted by Gasteiger charge is 2.35. The van der Waals surface area contributed by atoms with Crippen LogP contribution >= 0.6 is 12.6 Å². The molecule has 2 aliphatic rings. The lowest BCUT2D eigenvalue weighted by molar-refractivity contribution is -0.0710. The number of thiol groups is 1. The summed E-state index contributed by atoms with van der Waals surface area (Å²) in [5, 5.41) is 0. The Morgan fingerprint density at radius 1 is 1.10 bits per heavy atom. The highest BCUT2D eigenvalue weighted by molar-refractivity contribution is 7.80. The Balaban J connectivity index is 1.94. The van der Waals surface area contributed by atoms with Crippen molar-refractivity contribution in [3.63, 3.8) is 0 Å². The molecule has 0 aromatic heterocycles. The monoisotopic (exact) mass is 312 g/mol. The fourth-order valence-corrected chi connectivity index (χ4v) is 4.82. The molecule has 3 atom stereocenters. The highest BCUT2D eigenvalue weighted by Crippen LogP contribution is 2.40. The Labute approximate surface area is 138 Å². The van der Waals surface area contributed by atoms with Crippen LogP contribution in [0.3, 0.4) is 0 Å². The minimum absolute atomic E-state index is 0.363. The van der Waals surface area contributed by atoms with Crippen LogP contribution in [0.1, 0.15) is 78.6 Å². The van der Waals surface area contributed by atoms with Gasteiger partial charge in [-0.15, -0.1) is 0 Å². The van der Waals surface area contributed by atoms with Crippen LogP contribution in [0.15, 0.2) is 0 Å². The van der Waals surface area contributed by atoms with Crippen LogP contribution in [0.2, 0.25) is 0 Å². The molecule has 2 saturated carbocycles. The molecule has 2 rings (SSSR count). The molecule has 0 saturated heterocycles. The smallest absolute Gasteiger partial charge is 0.0608 e. The Hall–Kier alpha value is 0.310. The zero-order valence-electron chi connectivity index (χ0n) is 14.4. The summed E-state index contributed by atoms with van der Waals surface area (Å²) in [4.78, 5) is 0. The van der Waals surface area contributed by atoms with Gasteiger partial charge >= 0.3 is 0 Å². The Morgan fingerprint density at radius 3 is 2.33 bits per heavy atom. The molecule has 21 heavy (non-hydrogen) atoms. The lowest BCUT2D eigenvalue weighted by Gasteiger charge is -2.40. The number of hydrogen-bond acceptors (Lipinski definition) is 2. The summed E-state index contributed by atoms with van der Waals surface area (Å²) in [5.74, 6) is 3.36. The summed E-state index contributed by atoms with van der Waals surface area (Å²) in [7, 11) is 0. The van der Waals surface area contributed by atoms with E-state index in [2.05, 4.69) is 20.8 Å². The van der Waals surface area contributed by atoms with E-state index in [0.29, 0.717) is 11.5 Å². The van der Waals surface area contributed by atoms with E-state index in [-0.39, 0.29) is 0 Å². The van der Waals surface area contributed by atoms with Gasteiger partial charge in [0.05, 0.1) is 12.7 Å². The molecule has 0 aromatic rings. The quantitative estimate of drug-likeness (QED) is 0.503. The van der Waals surface area contributed by atoms with Gasteiger partial charge in [0, 0.05) is 5.41 Å². The van der Waals surface area contributed by atoms with Gasteiger partial charge in [0.1, 0.15) is 0 Å². The van der Waals surface area contributed by atoms with Gasteiger partial charge in [-0.2, -0.15) is 12.6 Å². The van der Waals surface area contributed by atoms with Gasteiger partial charge in [0.25, 0.3) is 0 Å². The average molecular weight is 313 g/mol. The first-order valence-electron chi connectivity index (χ1n) is 9.29. The van der Waals surface area contributed by atoms with Crippen LogP contribution in [0.25, 0.3) is 0 Å². The van der Waals surface area contributed by atoms with Crippen molar-refractivity contribution in [2.24, 2.45) is 23.2 Å². The van der Waals surface area contributed by atoms with E-state index in [0.717, 1.165) is 30.1 Å². The molecule has 1 nitrogen and oxygen atoms in total. The van der Waals surface area contributed by atoms with Crippen LogP contribution in [0.5, 0.6) is 0 Å². The van der Waals surface area contributed by atoms with Gasteiger partial charge in [-0.1, -0.05) is 52.9 Å². The third-order valence-corrected chi connectivity index (χ3v) is 6.74. The molecule has 0 spiro atoms. The van der Waals surface area contributed by atoms with Gasteiger partial charge in [-0.3, -0.25) is 0 Å². The van der Waals surface area contributed by atoms with E-state index in [1.165, 1.54) is 57.8 Å². The molecule has 0 heterocycles. The summed E-state index contributed by atoms with van der Waals surface area (Å²) in [6.07, 6.45) is 12.7.